The monoisotopic (exact) mass is 908 g/mol. The Kier molecular flexibility index (Phi) is 30.9. The molecule has 0 saturated carbocycles. The second-order valence-corrected chi connectivity index (χ2v) is 13.6. The van der Waals surface area contributed by atoms with Gasteiger partial charge < -0.3 is 55.8 Å². The number of aromatic amines is 2. The Bertz CT molecular complexity index is 1860. The van der Waals surface area contributed by atoms with Crippen LogP contribution in [0.5, 0.6) is 0 Å². The molecule has 0 saturated heterocycles. The first-order chi connectivity index (χ1) is 31.3. The number of hydrogen-bond acceptors (Lipinski definition) is 13. The van der Waals surface area contributed by atoms with E-state index in [0.29, 0.717) is 37.8 Å². The molecule has 0 spiro atoms. The fraction of sp³-hybridized carbons (Fsp3) is 0.457. The van der Waals surface area contributed by atoms with E-state index in [1.54, 1.807) is 22.2 Å². The molecule has 4 rings (SSSR count). The average Bonchev–Trinajstić information content (AvgIpc) is 4.01. The van der Waals surface area contributed by atoms with Crippen LogP contribution in [-0.4, -0.2) is 107 Å². The van der Waals surface area contributed by atoms with Crippen LogP contribution in [-0.2, 0) is 41.7 Å². The van der Waals surface area contributed by atoms with Crippen molar-refractivity contribution < 1.29 is 38.2 Å². The maximum atomic E-state index is 12.6. The van der Waals surface area contributed by atoms with Gasteiger partial charge in [0.25, 0.3) is 0 Å². The molecule has 0 aliphatic carbocycles. The number of nitrogens with one attached hydrogen (secondary N) is 5. The van der Waals surface area contributed by atoms with E-state index >= 15 is 0 Å². The summed E-state index contributed by atoms with van der Waals surface area (Å²) in [7, 11) is 3.74. The molecule has 19 nitrogen and oxygen atoms in total. The zero-order chi connectivity index (χ0) is 49.2. The van der Waals surface area contributed by atoms with Gasteiger partial charge in [0.1, 0.15) is 30.4 Å². The van der Waals surface area contributed by atoms with E-state index in [1.807, 2.05) is 76.2 Å². The summed E-state index contributed by atoms with van der Waals surface area (Å²) in [6.45, 7) is 17.8. The third-order valence-electron chi connectivity index (χ3n) is 8.15. The zero-order valence-electron chi connectivity index (χ0n) is 40.1. The lowest BCUT2D eigenvalue weighted by molar-refractivity contribution is -0.136. The van der Waals surface area contributed by atoms with Crippen LogP contribution < -0.4 is 27.6 Å². The summed E-state index contributed by atoms with van der Waals surface area (Å²) in [5, 5.41) is 4.86. The molecule has 65 heavy (non-hydrogen) atoms. The maximum Gasteiger partial charge on any atom is 0.407 e. The normalized spacial score (nSPS) is 10.0. The van der Waals surface area contributed by atoms with Gasteiger partial charge in [0, 0.05) is 19.3 Å². The fourth-order valence-electron chi connectivity index (χ4n) is 5.28. The molecular weight excluding hydrogens is 835 g/mol. The number of nitrogens with zero attached hydrogens (tertiary/aromatic N) is 4. The maximum absolute atomic E-state index is 12.6. The molecule has 0 aliphatic heterocycles. The first-order valence-electron chi connectivity index (χ1n) is 21.8. The highest BCUT2D eigenvalue weighted by molar-refractivity contribution is 5.87. The first kappa shape index (κ1) is 58.1. The summed E-state index contributed by atoms with van der Waals surface area (Å²) in [4.78, 5) is 77.2. The van der Waals surface area contributed by atoms with Crippen LogP contribution in [0.15, 0.2) is 72.8 Å². The van der Waals surface area contributed by atoms with Crippen molar-refractivity contribution in [2.45, 2.75) is 94.2 Å². The molecule has 2 aromatic carbocycles. The van der Waals surface area contributed by atoms with Crippen molar-refractivity contribution in [2.24, 2.45) is 11.6 Å². The summed E-state index contributed by atoms with van der Waals surface area (Å²) in [6, 6.07) is 16.2. The van der Waals surface area contributed by atoms with Gasteiger partial charge in [-0.1, -0.05) is 117 Å². The number of hydrogen-bond donors (Lipinski definition) is 7. The first-order valence-corrected chi connectivity index (χ1v) is 21.8. The predicted molar refractivity (Wildman–Crippen MR) is 254 cm³/mol. The summed E-state index contributed by atoms with van der Waals surface area (Å²) in [6.07, 6.45) is 7.36. The third-order valence-corrected chi connectivity index (χ3v) is 8.15. The van der Waals surface area contributed by atoms with E-state index in [4.69, 9.17) is 11.6 Å². The lowest BCUT2D eigenvalue weighted by atomic mass is 10.0. The molecule has 2 heterocycles. The topological polar surface area (TPSA) is 265 Å². The molecule has 0 atom stereocenters. The minimum absolute atomic E-state index is 0.0556. The van der Waals surface area contributed by atoms with Gasteiger partial charge in [-0.2, -0.15) is 0 Å². The Hall–Kier alpha value is -6.89. The highest BCUT2D eigenvalue weighted by Gasteiger charge is 2.18. The molecule has 0 unspecified atom stereocenters. The van der Waals surface area contributed by atoms with E-state index in [-0.39, 0.29) is 30.6 Å². The van der Waals surface area contributed by atoms with Crippen LogP contribution in [0.2, 0.25) is 0 Å². The number of H-pyrrole nitrogens is 2. The van der Waals surface area contributed by atoms with Crippen LogP contribution in [0.25, 0.3) is 33.6 Å². The number of benzene rings is 2. The van der Waals surface area contributed by atoms with E-state index in [9.17, 15) is 24.0 Å². The van der Waals surface area contributed by atoms with E-state index < -0.39 is 18.2 Å². The molecule has 0 radical (unpaired) electrons. The smallest absolute Gasteiger partial charge is 0.407 e. The van der Waals surface area contributed by atoms with Crippen molar-refractivity contribution >= 4 is 30.0 Å². The minimum Gasteiger partial charge on any atom is -0.464 e. The van der Waals surface area contributed by atoms with E-state index in [2.05, 4.69) is 77.9 Å². The second kappa shape index (κ2) is 34.6. The lowest BCUT2D eigenvalue weighted by Gasteiger charge is -2.21. The van der Waals surface area contributed by atoms with Gasteiger partial charge in [0.15, 0.2) is 0 Å². The van der Waals surface area contributed by atoms with Crippen LogP contribution in [0.1, 0.15) is 92.7 Å². The number of ether oxygens (including phenoxy) is 3. The second-order valence-electron chi connectivity index (χ2n) is 13.6. The number of nitrogens with two attached hydrogens (primary N) is 2. The van der Waals surface area contributed by atoms with Crippen LogP contribution >= 0.6 is 0 Å². The van der Waals surface area contributed by atoms with Crippen molar-refractivity contribution in [3.05, 3.63) is 84.5 Å². The number of aromatic nitrogens is 4. The SMILES string of the molecule is CC.CCC.CCC.CCCN(Cc1ncc(-c2ccc(-c3ccc(-c4cnc(CN(CCC)C(=O)CNC(=O)OC)[nH]4)cc3)cc2)[nH]1)C(=O)CNC(=O)OC.COC(=O)/C(N)=C/NN. The fourth-order valence-corrected chi connectivity index (χ4v) is 5.28. The number of imidazole rings is 2. The van der Waals surface area contributed by atoms with Gasteiger partial charge in [-0.15, -0.1) is 0 Å². The molecule has 4 aromatic rings. The standard InChI is InChI=1S/C34H42N8O6.C4H9N3O2.2C3H8.C2H6/c1-5-15-41(31(43)19-37-33(45)47-3)21-29-35-17-27(39-29)25-11-7-23(8-12-25)24-9-13-26(14-10-24)28-18-36-30(40-28)22-42(16-6-2)32(44)20-38-34(46)48-4;1-9-4(8)3(5)2-7-6;2*1-3-2;1-2/h7-14,17-18H,5-6,15-16,19-22H2,1-4H3,(H,35,39)(H,36,40)(H,37,45)(H,38,46);2,7H,5-6H2,1H3;2*3H2,1-2H3;1-2H3/b;3-2-;;;. The Morgan fingerprint density at radius 2 is 0.954 bits per heavy atom. The van der Waals surface area contributed by atoms with Crippen LogP contribution in [0.3, 0.4) is 0 Å². The van der Waals surface area contributed by atoms with Crippen LogP contribution in [0.4, 0.5) is 9.59 Å². The number of carbonyl (C=O) groups is 5. The number of carbonyl (C=O) groups excluding carboxylic acids is 5. The van der Waals surface area contributed by atoms with Gasteiger partial charge >= 0.3 is 18.2 Å². The molecule has 0 aliphatic rings. The summed E-state index contributed by atoms with van der Waals surface area (Å²) >= 11 is 0. The molecule has 360 valence electrons. The number of alkyl carbamates (subject to hydrolysis) is 2. The molecule has 9 N–H and O–H groups in total. The van der Waals surface area contributed by atoms with Gasteiger partial charge in [-0.05, 0) is 35.1 Å². The largest absolute Gasteiger partial charge is 0.464 e. The van der Waals surface area contributed by atoms with Crippen LogP contribution in [0, 0.1) is 0 Å². The number of rotatable bonds is 17. The molecule has 2 aromatic heterocycles. The van der Waals surface area contributed by atoms with Crippen molar-refractivity contribution in [3.63, 3.8) is 0 Å². The number of esters is 1. The summed E-state index contributed by atoms with van der Waals surface area (Å²) in [5.74, 6) is 5.05. The average molecular weight is 908 g/mol. The Morgan fingerprint density at radius 3 is 1.25 bits per heavy atom. The van der Waals surface area contributed by atoms with E-state index in [1.165, 1.54) is 34.2 Å². The molecule has 4 amide bonds. The van der Waals surface area contributed by atoms with Crippen molar-refractivity contribution in [2.75, 3.05) is 47.5 Å². The van der Waals surface area contributed by atoms with E-state index in [0.717, 1.165) is 52.7 Å². The third kappa shape index (κ3) is 22.3. The van der Waals surface area contributed by atoms with Crippen molar-refractivity contribution in [1.82, 2.24) is 45.8 Å². The molecule has 0 fully saturated rings. The number of methoxy groups -OCH3 is 3. The van der Waals surface area contributed by atoms with Crippen molar-refractivity contribution in [3.8, 4) is 33.6 Å². The highest BCUT2D eigenvalue weighted by atomic mass is 16.5. The van der Waals surface area contributed by atoms with Gasteiger partial charge in [-0.3, -0.25) is 15.4 Å². The summed E-state index contributed by atoms with van der Waals surface area (Å²) in [5.41, 5.74) is 12.8. The quantitative estimate of drug-likeness (QED) is 0.0194. The minimum atomic E-state index is -0.652. The molecular formula is C46H73N11O8. The molecule has 0 bridgehead atoms. The number of amides is 4. The number of hydrazine groups is 1. The molecule has 19 heteroatoms. The van der Waals surface area contributed by atoms with Gasteiger partial charge in [0.2, 0.25) is 11.8 Å². The predicted octanol–water partition coefficient (Wildman–Crippen LogP) is 6.60. The highest BCUT2D eigenvalue weighted by Crippen LogP contribution is 2.27. The summed E-state index contributed by atoms with van der Waals surface area (Å²) < 4.78 is 13.3. The van der Waals surface area contributed by atoms with Gasteiger partial charge in [-0.25, -0.2) is 24.4 Å². The Morgan fingerprint density at radius 1 is 0.615 bits per heavy atom. The Balaban J connectivity index is 0.00000206. The Labute approximate surface area is 384 Å². The lowest BCUT2D eigenvalue weighted by Crippen LogP contribution is -2.40. The zero-order valence-corrected chi connectivity index (χ0v) is 40.1. The van der Waals surface area contributed by atoms with Crippen molar-refractivity contribution in [1.29, 1.82) is 0 Å². The van der Waals surface area contributed by atoms with Gasteiger partial charge in [0.05, 0.1) is 58.2 Å².